The van der Waals surface area contributed by atoms with Gasteiger partial charge < -0.3 is 15.4 Å². The van der Waals surface area contributed by atoms with Crippen molar-refractivity contribution < 1.29 is 4.74 Å². The second kappa shape index (κ2) is 12.4. The molecule has 1 fully saturated rings. The fourth-order valence-corrected chi connectivity index (χ4v) is 3.48. The van der Waals surface area contributed by atoms with Gasteiger partial charge >= 0.3 is 0 Å². The van der Waals surface area contributed by atoms with Gasteiger partial charge in [-0.1, -0.05) is 11.6 Å². The number of aliphatic imine (C=N–C) groups is 1. The Hall–Kier alpha value is -0.950. The molecule has 7 heteroatoms. The second-order valence-corrected chi connectivity index (χ2v) is 7.49. The predicted octanol–water partition coefficient (Wildman–Crippen LogP) is 2.71. The molecule has 5 nitrogen and oxygen atoms in total. The topological polar surface area (TPSA) is 48.9 Å². The lowest BCUT2D eigenvalue weighted by atomic mass is 10.3. The molecule has 25 heavy (non-hydrogen) atoms. The van der Waals surface area contributed by atoms with Crippen molar-refractivity contribution >= 4 is 29.3 Å². The summed E-state index contributed by atoms with van der Waals surface area (Å²) in [5.74, 6) is 1.86. The smallest absolute Gasteiger partial charge is 0.191 e. The molecule has 1 saturated heterocycles. The molecule has 0 unspecified atom stereocenters. The number of hydrogen-bond donors (Lipinski definition) is 2. The number of unbranched alkanes of at least 4 members (excludes halogenated alkanes) is 1. The Balaban J connectivity index is 1.49. The Morgan fingerprint density at radius 2 is 1.88 bits per heavy atom. The summed E-state index contributed by atoms with van der Waals surface area (Å²) in [4.78, 5) is 7.98. The first kappa shape index (κ1) is 20.4. The van der Waals surface area contributed by atoms with Crippen LogP contribution in [0.1, 0.15) is 12.8 Å². The minimum atomic E-state index is 0.778. The quantitative estimate of drug-likeness (QED) is 0.297. The molecule has 0 bridgehead atoms. The van der Waals surface area contributed by atoms with E-state index in [9.17, 15) is 0 Å². The third kappa shape index (κ3) is 8.81. The summed E-state index contributed by atoms with van der Waals surface area (Å²) < 4.78 is 5.37. The summed E-state index contributed by atoms with van der Waals surface area (Å²) in [5.41, 5.74) is 0. The van der Waals surface area contributed by atoms with Crippen LogP contribution < -0.4 is 10.6 Å². The lowest BCUT2D eigenvalue weighted by Crippen LogP contribution is -2.39. The van der Waals surface area contributed by atoms with E-state index in [0.29, 0.717) is 0 Å². The Kier molecular flexibility index (Phi) is 10.1. The molecule has 0 aromatic heterocycles. The van der Waals surface area contributed by atoms with Gasteiger partial charge in [-0.15, -0.1) is 11.8 Å². The summed E-state index contributed by atoms with van der Waals surface area (Å²) in [6.07, 6.45) is 2.36. The van der Waals surface area contributed by atoms with Gasteiger partial charge in [0.15, 0.2) is 5.96 Å². The molecule has 0 radical (unpaired) electrons. The minimum Gasteiger partial charge on any atom is -0.379 e. The van der Waals surface area contributed by atoms with Crippen LogP contribution in [0.25, 0.3) is 0 Å². The van der Waals surface area contributed by atoms with Crippen molar-refractivity contribution in [3.8, 4) is 0 Å². The average molecular weight is 385 g/mol. The van der Waals surface area contributed by atoms with Gasteiger partial charge in [0.25, 0.3) is 0 Å². The van der Waals surface area contributed by atoms with Crippen LogP contribution in [0.4, 0.5) is 0 Å². The summed E-state index contributed by atoms with van der Waals surface area (Å²) in [7, 11) is 1.81. The van der Waals surface area contributed by atoms with Gasteiger partial charge in [0.1, 0.15) is 0 Å². The van der Waals surface area contributed by atoms with Gasteiger partial charge in [0.05, 0.1) is 13.2 Å². The Labute approximate surface area is 160 Å². The number of hydrogen-bond acceptors (Lipinski definition) is 4. The number of halogens is 1. The average Bonchev–Trinajstić information content (AvgIpc) is 2.65. The number of morpholine rings is 1. The predicted molar refractivity (Wildman–Crippen MR) is 108 cm³/mol. The van der Waals surface area contributed by atoms with Crippen LogP contribution in [-0.4, -0.2) is 69.6 Å². The van der Waals surface area contributed by atoms with E-state index in [4.69, 9.17) is 16.3 Å². The Bertz CT molecular complexity index is 506. The van der Waals surface area contributed by atoms with Gasteiger partial charge in [0, 0.05) is 48.9 Å². The number of rotatable bonds is 9. The van der Waals surface area contributed by atoms with Crippen molar-refractivity contribution in [2.24, 2.45) is 4.99 Å². The van der Waals surface area contributed by atoms with Gasteiger partial charge in [0.2, 0.25) is 0 Å². The van der Waals surface area contributed by atoms with E-state index in [-0.39, 0.29) is 0 Å². The van der Waals surface area contributed by atoms with E-state index in [1.807, 2.05) is 30.9 Å². The number of thioether (sulfide) groups is 1. The van der Waals surface area contributed by atoms with E-state index in [1.54, 1.807) is 0 Å². The molecule has 1 aliphatic rings. The van der Waals surface area contributed by atoms with E-state index >= 15 is 0 Å². The van der Waals surface area contributed by atoms with Crippen LogP contribution >= 0.6 is 23.4 Å². The number of nitrogens with zero attached hydrogens (tertiary/aromatic N) is 2. The fraction of sp³-hybridized carbons (Fsp3) is 0.611. The number of nitrogens with one attached hydrogen (secondary N) is 2. The van der Waals surface area contributed by atoms with E-state index in [2.05, 4.69) is 32.7 Å². The molecule has 1 aromatic rings. The summed E-state index contributed by atoms with van der Waals surface area (Å²) in [5, 5.41) is 7.52. The standard InChI is InChI=1S/C18H29ClN4OS/c1-20-18(21-8-2-3-10-23-11-13-24-14-12-23)22-9-15-25-17-6-4-16(19)5-7-17/h4-7H,2-3,8-15H2,1H3,(H2,20,21,22). The zero-order valence-corrected chi connectivity index (χ0v) is 16.5. The first-order chi connectivity index (χ1) is 12.3. The molecule has 0 aliphatic carbocycles. The highest BCUT2D eigenvalue weighted by molar-refractivity contribution is 7.99. The third-order valence-corrected chi connectivity index (χ3v) is 5.26. The second-order valence-electron chi connectivity index (χ2n) is 5.89. The lowest BCUT2D eigenvalue weighted by molar-refractivity contribution is 0.0372. The monoisotopic (exact) mass is 384 g/mol. The molecular formula is C18H29ClN4OS. The molecular weight excluding hydrogens is 356 g/mol. The Morgan fingerprint density at radius 1 is 1.16 bits per heavy atom. The zero-order chi connectivity index (χ0) is 17.7. The van der Waals surface area contributed by atoms with Crippen molar-refractivity contribution in [3.05, 3.63) is 29.3 Å². The zero-order valence-electron chi connectivity index (χ0n) is 15.0. The molecule has 0 amide bonds. The van der Waals surface area contributed by atoms with E-state index in [1.165, 1.54) is 11.3 Å². The van der Waals surface area contributed by atoms with Gasteiger partial charge in [-0.2, -0.15) is 0 Å². The van der Waals surface area contributed by atoms with Gasteiger partial charge in [-0.25, -0.2) is 0 Å². The number of guanidine groups is 1. The molecule has 2 N–H and O–H groups in total. The number of ether oxygens (including phenoxy) is 1. The van der Waals surface area contributed by atoms with Crippen LogP contribution in [0.3, 0.4) is 0 Å². The van der Waals surface area contributed by atoms with E-state index < -0.39 is 0 Å². The van der Waals surface area contributed by atoms with Gasteiger partial charge in [-0.05, 0) is 43.7 Å². The maximum atomic E-state index is 5.89. The van der Waals surface area contributed by atoms with Crippen LogP contribution in [0, 0.1) is 0 Å². The largest absolute Gasteiger partial charge is 0.379 e. The van der Waals surface area contributed by atoms with Crippen LogP contribution in [0.5, 0.6) is 0 Å². The molecule has 0 spiro atoms. The third-order valence-electron chi connectivity index (χ3n) is 4.00. The van der Waals surface area contributed by atoms with Crippen molar-refractivity contribution in [1.82, 2.24) is 15.5 Å². The fourth-order valence-electron chi connectivity index (χ4n) is 2.58. The van der Waals surface area contributed by atoms with Crippen molar-refractivity contribution in [2.75, 3.05) is 58.7 Å². The van der Waals surface area contributed by atoms with E-state index in [0.717, 1.165) is 69.1 Å². The molecule has 1 aliphatic heterocycles. The molecule has 0 atom stereocenters. The summed E-state index contributed by atoms with van der Waals surface area (Å²) in [6, 6.07) is 7.95. The maximum Gasteiger partial charge on any atom is 0.191 e. The highest BCUT2D eigenvalue weighted by atomic mass is 35.5. The molecule has 2 rings (SSSR count). The Morgan fingerprint density at radius 3 is 2.60 bits per heavy atom. The summed E-state index contributed by atoms with van der Waals surface area (Å²) >= 11 is 7.70. The van der Waals surface area contributed by atoms with Crippen molar-refractivity contribution in [3.63, 3.8) is 0 Å². The van der Waals surface area contributed by atoms with Crippen molar-refractivity contribution in [2.45, 2.75) is 17.7 Å². The molecule has 0 saturated carbocycles. The molecule has 140 valence electrons. The van der Waals surface area contributed by atoms with Gasteiger partial charge in [-0.3, -0.25) is 9.89 Å². The maximum absolute atomic E-state index is 5.89. The van der Waals surface area contributed by atoms with Crippen LogP contribution in [-0.2, 0) is 4.74 Å². The van der Waals surface area contributed by atoms with Crippen molar-refractivity contribution in [1.29, 1.82) is 0 Å². The number of benzene rings is 1. The lowest BCUT2D eigenvalue weighted by Gasteiger charge is -2.26. The highest BCUT2D eigenvalue weighted by Crippen LogP contribution is 2.19. The summed E-state index contributed by atoms with van der Waals surface area (Å²) in [6.45, 7) is 6.89. The molecule has 1 aromatic carbocycles. The highest BCUT2D eigenvalue weighted by Gasteiger charge is 2.09. The molecule has 1 heterocycles. The first-order valence-corrected chi connectivity index (χ1v) is 10.3. The SMILES string of the molecule is CN=C(NCCCCN1CCOCC1)NCCSc1ccc(Cl)cc1. The normalized spacial score (nSPS) is 16.0. The minimum absolute atomic E-state index is 0.778. The van der Waals surface area contributed by atoms with Crippen LogP contribution in [0.2, 0.25) is 5.02 Å². The first-order valence-electron chi connectivity index (χ1n) is 8.91. The van der Waals surface area contributed by atoms with Crippen LogP contribution in [0.15, 0.2) is 34.2 Å².